The number of aromatic nitrogens is 3. The Morgan fingerprint density at radius 2 is 2.15 bits per heavy atom. The number of benzene rings is 1. The summed E-state index contributed by atoms with van der Waals surface area (Å²) in [6, 6.07) is 8.89. The van der Waals surface area contributed by atoms with E-state index in [0.29, 0.717) is 5.65 Å². The van der Waals surface area contributed by atoms with Gasteiger partial charge in [-0.2, -0.15) is 0 Å². The van der Waals surface area contributed by atoms with E-state index < -0.39 is 5.97 Å². The third-order valence-electron chi connectivity index (χ3n) is 5.33. The minimum Gasteiger partial charge on any atom is -0.463 e. The number of fused-ring (bicyclic) bond motifs is 1. The van der Waals surface area contributed by atoms with Crippen molar-refractivity contribution in [1.29, 1.82) is 0 Å². The van der Waals surface area contributed by atoms with Crippen molar-refractivity contribution in [1.82, 2.24) is 14.6 Å². The minimum absolute atomic E-state index is 0.0452. The standard InChI is InChI=1S/C20H21FN4O2/c1-13-9-16(11-25-18(13)22-17(23-25)19(26)27-3)24-8-7-20(2,12-24)14-5-4-6-15(21)10-14/h4-6,9-11H,7-8,12H2,1-3H3. The molecule has 7 heteroatoms. The molecule has 140 valence electrons. The second-order valence-corrected chi connectivity index (χ2v) is 7.32. The van der Waals surface area contributed by atoms with E-state index in [4.69, 9.17) is 4.74 Å². The Balaban J connectivity index is 1.66. The molecule has 1 aromatic carbocycles. The third kappa shape index (κ3) is 3.03. The van der Waals surface area contributed by atoms with Crippen molar-refractivity contribution in [3.8, 4) is 0 Å². The Hall–Kier alpha value is -2.96. The molecular weight excluding hydrogens is 347 g/mol. The lowest BCUT2D eigenvalue weighted by Crippen LogP contribution is -2.28. The van der Waals surface area contributed by atoms with Crippen molar-refractivity contribution in [3.63, 3.8) is 0 Å². The van der Waals surface area contributed by atoms with Crippen LogP contribution in [0.3, 0.4) is 0 Å². The number of aryl methyl sites for hydroxylation is 1. The molecule has 1 aliphatic heterocycles. The average Bonchev–Trinajstić information content (AvgIpc) is 3.26. The lowest BCUT2D eigenvalue weighted by molar-refractivity contribution is 0.0587. The first-order chi connectivity index (χ1) is 12.9. The van der Waals surface area contributed by atoms with Crippen molar-refractivity contribution < 1.29 is 13.9 Å². The number of rotatable bonds is 3. The predicted octanol–water partition coefficient (Wildman–Crippen LogP) is 3.13. The minimum atomic E-state index is -0.556. The average molecular weight is 368 g/mol. The number of carbonyl (C=O) groups excluding carboxylic acids is 1. The van der Waals surface area contributed by atoms with Crippen LogP contribution in [0.1, 0.15) is 35.1 Å². The Morgan fingerprint density at radius 1 is 1.33 bits per heavy atom. The lowest BCUT2D eigenvalue weighted by Gasteiger charge is -2.26. The number of methoxy groups -OCH3 is 1. The topological polar surface area (TPSA) is 59.7 Å². The molecule has 1 atom stereocenters. The molecular formula is C20H21FN4O2. The Kier molecular flexibility index (Phi) is 4.09. The number of anilines is 1. The number of hydrogen-bond donors (Lipinski definition) is 0. The van der Waals surface area contributed by atoms with E-state index in [-0.39, 0.29) is 17.1 Å². The maximum atomic E-state index is 13.7. The predicted molar refractivity (Wildman–Crippen MR) is 99.6 cm³/mol. The van der Waals surface area contributed by atoms with Crippen LogP contribution in [0, 0.1) is 12.7 Å². The normalized spacial score (nSPS) is 19.6. The van der Waals surface area contributed by atoms with Crippen LogP contribution in [0.25, 0.3) is 5.65 Å². The molecule has 0 N–H and O–H groups in total. The highest BCUT2D eigenvalue weighted by molar-refractivity contribution is 5.85. The van der Waals surface area contributed by atoms with E-state index in [1.165, 1.54) is 13.2 Å². The van der Waals surface area contributed by atoms with E-state index in [1.807, 2.05) is 25.3 Å². The van der Waals surface area contributed by atoms with E-state index in [1.54, 1.807) is 16.6 Å². The highest BCUT2D eigenvalue weighted by Gasteiger charge is 2.36. The van der Waals surface area contributed by atoms with Gasteiger partial charge in [-0.05, 0) is 42.7 Å². The summed E-state index contributed by atoms with van der Waals surface area (Å²) >= 11 is 0. The molecule has 0 spiro atoms. The summed E-state index contributed by atoms with van der Waals surface area (Å²) in [5.41, 5.74) is 3.45. The third-order valence-corrected chi connectivity index (χ3v) is 5.33. The van der Waals surface area contributed by atoms with Crippen LogP contribution in [0.4, 0.5) is 10.1 Å². The molecule has 3 aromatic rings. The molecule has 27 heavy (non-hydrogen) atoms. The first-order valence-electron chi connectivity index (χ1n) is 8.86. The summed E-state index contributed by atoms with van der Waals surface area (Å²) in [6.45, 7) is 5.74. The molecule has 0 saturated carbocycles. The molecule has 2 aromatic heterocycles. The second-order valence-electron chi connectivity index (χ2n) is 7.32. The summed E-state index contributed by atoms with van der Waals surface area (Å²) in [6.07, 6.45) is 2.80. The zero-order valence-corrected chi connectivity index (χ0v) is 15.6. The van der Waals surface area contributed by atoms with Crippen molar-refractivity contribution in [2.24, 2.45) is 0 Å². The largest absolute Gasteiger partial charge is 0.463 e. The van der Waals surface area contributed by atoms with Crippen LogP contribution < -0.4 is 4.90 Å². The molecule has 1 aliphatic rings. The van der Waals surface area contributed by atoms with Gasteiger partial charge in [-0.3, -0.25) is 0 Å². The van der Waals surface area contributed by atoms with Gasteiger partial charge in [-0.1, -0.05) is 19.1 Å². The van der Waals surface area contributed by atoms with Crippen LogP contribution in [0.5, 0.6) is 0 Å². The van der Waals surface area contributed by atoms with Gasteiger partial charge in [0.2, 0.25) is 0 Å². The molecule has 4 rings (SSSR count). The summed E-state index contributed by atoms with van der Waals surface area (Å²) in [5, 5.41) is 4.24. The van der Waals surface area contributed by atoms with E-state index in [2.05, 4.69) is 21.9 Å². The molecule has 6 nitrogen and oxygen atoms in total. The number of pyridine rings is 1. The number of halogens is 1. The van der Waals surface area contributed by atoms with Gasteiger partial charge < -0.3 is 9.64 Å². The first kappa shape index (κ1) is 17.5. The maximum Gasteiger partial charge on any atom is 0.377 e. The molecule has 3 heterocycles. The molecule has 1 fully saturated rings. The number of esters is 1. The van der Waals surface area contributed by atoms with Gasteiger partial charge in [0.15, 0.2) is 5.65 Å². The van der Waals surface area contributed by atoms with Gasteiger partial charge in [0.05, 0.1) is 19.0 Å². The molecule has 0 bridgehead atoms. The fourth-order valence-corrected chi connectivity index (χ4v) is 3.76. The van der Waals surface area contributed by atoms with Gasteiger partial charge in [-0.15, -0.1) is 5.10 Å². The highest BCUT2D eigenvalue weighted by atomic mass is 19.1. The quantitative estimate of drug-likeness (QED) is 0.665. The van der Waals surface area contributed by atoms with Gasteiger partial charge in [-0.25, -0.2) is 18.7 Å². The summed E-state index contributed by atoms with van der Waals surface area (Å²) in [4.78, 5) is 18.2. The van der Waals surface area contributed by atoms with Crippen LogP contribution >= 0.6 is 0 Å². The Bertz CT molecular complexity index is 1030. The van der Waals surface area contributed by atoms with Crippen LogP contribution in [0.15, 0.2) is 36.5 Å². The highest BCUT2D eigenvalue weighted by Crippen LogP contribution is 2.37. The fraction of sp³-hybridized carbons (Fsp3) is 0.350. The molecule has 1 unspecified atom stereocenters. The zero-order chi connectivity index (χ0) is 19.2. The second kappa shape index (κ2) is 6.33. The van der Waals surface area contributed by atoms with E-state index >= 15 is 0 Å². The maximum absolute atomic E-state index is 13.7. The van der Waals surface area contributed by atoms with Crippen LogP contribution in [-0.4, -0.2) is 40.8 Å². The van der Waals surface area contributed by atoms with Crippen LogP contribution in [0.2, 0.25) is 0 Å². The molecule has 0 amide bonds. The lowest BCUT2D eigenvalue weighted by atomic mass is 9.82. The van der Waals surface area contributed by atoms with E-state index in [0.717, 1.165) is 36.3 Å². The Morgan fingerprint density at radius 3 is 2.89 bits per heavy atom. The molecule has 0 aliphatic carbocycles. The van der Waals surface area contributed by atoms with E-state index in [9.17, 15) is 9.18 Å². The van der Waals surface area contributed by atoms with Crippen molar-refractivity contribution in [3.05, 3.63) is 59.3 Å². The zero-order valence-electron chi connectivity index (χ0n) is 15.6. The van der Waals surface area contributed by atoms with Gasteiger partial charge in [0.25, 0.3) is 5.82 Å². The summed E-state index contributed by atoms with van der Waals surface area (Å²) in [5.74, 6) is -0.717. The summed E-state index contributed by atoms with van der Waals surface area (Å²) in [7, 11) is 1.31. The fourth-order valence-electron chi connectivity index (χ4n) is 3.76. The van der Waals surface area contributed by atoms with Crippen LogP contribution in [-0.2, 0) is 10.2 Å². The first-order valence-corrected chi connectivity index (χ1v) is 8.86. The van der Waals surface area contributed by atoms with Crippen molar-refractivity contribution in [2.75, 3.05) is 25.1 Å². The van der Waals surface area contributed by atoms with Gasteiger partial charge in [0, 0.05) is 18.5 Å². The molecule has 0 radical (unpaired) electrons. The number of ether oxygens (including phenoxy) is 1. The Labute approximate surface area is 156 Å². The van der Waals surface area contributed by atoms with Crippen molar-refractivity contribution >= 4 is 17.3 Å². The molecule has 1 saturated heterocycles. The monoisotopic (exact) mass is 368 g/mol. The summed E-state index contributed by atoms with van der Waals surface area (Å²) < 4.78 is 20.0. The smallest absolute Gasteiger partial charge is 0.377 e. The number of carbonyl (C=O) groups is 1. The van der Waals surface area contributed by atoms with Crippen molar-refractivity contribution in [2.45, 2.75) is 25.7 Å². The number of nitrogens with zero attached hydrogens (tertiary/aromatic N) is 4. The SMILES string of the molecule is COC(=O)c1nc2c(C)cc(N3CCC(C)(c4cccc(F)c4)C3)cn2n1. The van der Waals surface area contributed by atoms with Gasteiger partial charge >= 0.3 is 5.97 Å². The van der Waals surface area contributed by atoms with Gasteiger partial charge in [0.1, 0.15) is 5.82 Å². The number of hydrogen-bond acceptors (Lipinski definition) is 5.